The standard InChI is InChI=1S/C44H60N6O11S/c1-3-48(34-9-7-8-31(2)28-34)41(54)30-49-35-18-27-62-37(35)29-36(49)44(57)47-33-13-11-32(12-14-33)43(56)46-19-6-4-5-10-38(51)45-20-22-59-24-26-60-25-23-58-21-17-42(55)61-50-39(52)15-16-40(50)53/h7-9,18,27-29,32-33H,3-6,10-17,19-26,30H2,1-2H3,(H,45,51)(H,46,56)(H,47,57)/t32-,33-. The number of carbonyl (C=O) groups excluding carboxylic acids is 7. The van der Waals surface area contributed by atoms with E-state index in [1.807, 2.05) is 60.2 Å². The number of benzene rings is 1. The minimum Gasteiger partial charge on any atom is -0.378 e. The van der Waals surface area contributed by atoms with Gasteiger partial charge in [-0.15, -0.1) is 16.4 Å². The number of unbranched alkanes of at least 4 members (excludes halogenated alkanes) is 2. The normalized spacial score (nSPS) is 16.4. The van der Waals surface area contributed by atoms with E-state index in [0.717, 1.165) is 34.3 Å². The number of imide groups is 1. The van der Waals surface area contributed by atoms with Gasteiger partial charge in [0.1, 0.15) is 12.2 Å². The lowest BCUT2D eigenvalue weighted by molar-refractivity contribution is -0.198. The van der Waals surface area contributed by atoms with Crippen LogP contribution in [0.5, 0.6) is 0 Å². The van der Waals surface area contributed by atoms with E-state index < -0.39 is 17.8 Å². The number of carbonyl (C=O) groups is 7. The Kier molecular flexibility index (Phi) is 19.4. The first-order chi connectivity index (χ1) is 30.0. The van der Waals surface area contributed by atoms with Gasteiger partial charge >= 0.3 is 5.97 Å². The van der Waals surface area contributed by atoms with Crippen LogP contribution in [0.25, 0.3) is 10.2 Å². The SMILES string of the molecule is CCN(C(=O)Cn1c(C(=O)N[C@H]2CC[C@H](C(=O)NCCCCCC(=O)NCCOCCOCCOCCC(=O)ON3C(=O)CCC3=O)CC2)cc2sccc21)c1cccc(C)c1. The number of nitrogens with zero attached hydrogens (tertiary/aromatic N) is 3. The maximum Gasteiger partial charge on any atom is 0.335 e. The minimum atomic E-state index is -0.720. The topological polar surface area (TPSA) is 204 Å². The second kappa shape index (κ2) is 25.1. The number of nitrogens with one attached hydrogen (secondary N) is 3. The van der Waals surface area contributed by atoms with Gasteiger partial charge in [0.25, 0.3) is 17.7 Å². The fraction of sp³-hybridized carbons (Fsp3) is 0.568. The molecular weight excluding hydrogens is 821 g/mol. The molecule has 1 aromatic carbocycles. The summed E-state index contributed by atoms with van der Waals surface area (Å²) in [7, 11) is 0. The van der Waals surface area contributed by atoms with Crippen LogP contribution in [0.2, 0.25) is 0 Å². The Morgan fingerprint density at radius 1 is 0.806 bits per heavy atom. The van der Waals surface area contributed by atoms with Crippen molar-refractivity contribution in [3.63, 3.8) is 0 Å². The number of hydrogen-bond acceptors (Lipinski definition) is 12. The van der Waals surface area contributed by atoms with Gasteiger partial charge in [-0.25, -0.2) is 4.79 Å². The first-order valence-corrected chi connectivity index (χ1v) is 22.5. The molecule has 62 heavy (non-hydrogen) atoms. The number of ether oxygens (including phenoxy) is 3. The van der Waals surface area contributed by atoms with E-state index in [4.69, 9.17) is 19.0 Å². The Hall–Kier alpha value is -5.17. The summed E-state index contributed by atoms with van der Waals surface area (Å²) >= 11 is 1.54. The van der Waals surface area contributed by atoms with Gasteiger partial charge in [0.15, 0.2) is 0 Å². The molecule has 6 amide bonds. The Morgan fingerprint density at radius 2 is 1.52 bits per heavy atom. The van der Waals surface area contributed by atoms with Crippen LogP contribution >= 0.6 is 11.3 Å². The number of aromatic nitrogens is 1. The van der Waals surface area contributed by atoms with E-state index in [-0.39, 0.29) is 74.6 Å². The van der Waals surface area contributed by atoms with Crippen molar-refractivity contribution in [1.82, 2.24) is 25.6 Å². The minimum absolute atomic E-state index is 0.0285. The maximum absolute atomic E-state index is 13.6. The van der Waals surface area contributed by atoms with E-state index in [2.05, 4.69) is 16.0 Å². The lowest BCUT2D eigenvalue weighted by Crippen LogP contribution is -2.42. The van der Waals surface area contributed by atoms with Gasteiger partial charge in [0.05, 0.1) is 56.3 Å². The molecule has 1 aliphatic heterocycles. The molecule has 0 radical (unpaired) electrons. The maximum atomic E-state index is 13.6. The zero-order valence-corrected chi connectivity index (χ0v) is 36.6. The van der Waals surface area contributed by atoms with Crippen LogP contribution < -0.4 is 20.9 Å². The first-order valence-electron chi connectivity index (χ1n) is 21.6. The number of anilines is 1. The molecule has 3 N–H and O–H groups in total. The summed E-state index contributed by atoms with van der Waals surface area (Å²) < 4.78 is 18.9. The van der Waals surface area contributed by atoms with Crippen LogP contribution in [0.3, 0.4) is 0 Å². The molecule has 0 bridgehead atoms. The quantitative estimate of drug-likeness (QED) is 0.0771. The predicted octanol–water partition coefficient (Wildman–Crippen LogP) is 4.19. The third-order valence-electron chi connectivity index (χ3n) is 10.8. The molecule has 0 atom stereocenters. The largest absolute Gasteiger partial charge is 0.378 e. The van der Waals surface area contributed by atoms with Crippen molar-refractivity contribution in [2.24, 2.45) is 5.92 Å². The highest BCUT2D eigenvalue weighted by molar-refractivity contribution is 7.17. The number of likely N-dealkylation sites (N-methyl/N-ethyl adjacent to an activating group) is 1. The van der Waals surface area contributed by atoms with E-state index in [1.54, 1.807) is 4.90 Å². The summed E-state index contributed by atoms with van der Waals surface area (Å²) in [5.41, 5.74) is 3.22. The highest BCUT2D eigenvalue weighted by atomic mass is 32.1. The fourth-order valence-electron chi connectivity index (χ4n) is 7.41. The number of hydroxylamine groups is 2. The van der Waals surface area contributed by atoms with E-state index >= 15 is 0 Å². The van der Waals surface area contributed by atoms with Crippen LogP contribution in [0.1, 0.15) is 93.6 Å². The molecular formula is C44H60N6O11S. The average molecular weight is 881 g/mol. The summed E-state index contributed by atoms with van der Waals surface area (Å²) in [4.78, 5) is 93.4. The third kappa shape index (κ3) is 14.7. The number of rotatable bonds is 26. The number of aryl methyl sites for hydroxylation is 1. The van der Waals surface area contributed by atoms with Gasteiger partial charge in [-0.3, -0.25) is 28.8 Å². The van der Waals surface area contributed by atoms with Gasteiger partial charge in [0, 0.05) is 56.5 Å². The summed E-state index contributed by atoms with van der Waals surface area (Å²) in [6, 6.07) is 11.6. The van der Waals surface area contributed by atoms with Crippen molar-refractivity contribution in [2.75, 3.05) is 64.2 Å². The molecule has 1 saturated carbocycles. The zero-order valence-electron chi connectivity index (χ0n) is 35.8. The highest BCUT2D eigenvalue weighted by Gasteiger charge is 2.33. The van der Waals surface area contributed by atoms with E-state index in [0.29, 0.717) is 95.3 Å². The molecule has 1 aliphatic carbocycles. The fourth-order valence-corrected chi connectivity index (χ4v) is 8.23. The molecule has 2 fully saturated rings. The Labute approximate surface area is 366 Å². The molecule has 3 heterocycles. The van der Waals surface area contributed by atoms with Crippen molar-refractivity contribution in [1.29, 1.82) is 0 Å². The highest BCUT2D eigenvalue weighted by Crippen LogP contribution is 2.28. The molecule has 2 aromatic heterocycles. The second-order valence-electron chi connectivity index (χ2n) is 15.4. The number of fused-ring (bicyclic) bond motifs is 1. The van der Waals surface area contributed by atoms with Crippen molar-refractivity contribution < 1.29 is 52.6 Å². The molecule has 0 spiro atoms. The van der Waals surface area contributed by atoms with Crippen LogP contribution in [0.15, 0.2) is 41.8 Å². The smallest absolute Gasteiger partial charge is 0.335 e. The van der Waals surface area contributed by atoms with E-state index in [9.17, 15) is 33.6 Å². The van der Waals surface area contributed by atoms with Crippen molar-refractivity contribution in [3.05, 3.63) is 53.0 Å². The molecule has 0 unspecified atom stereocenters. The summed E-state index contributed by atoms with van der Waals surface area (Å²) in [6.07, 6.45) is 5.41. The first kappa shape index (κ1) is 47.9. The lowest BCUT2D eigenvalue weighted by Gasteiger charge is -2.28. The molecule has 17 nitrogen and oxygen atoms in total. The van der Waals surface area contributed by atoms with Crippen molar-refractivity contribution >= 4 is 68.7 Å². The van der Waals surface area contributed by atoms with E-state index in [1.165, 1.54) is 11.3 Å². The lowest BCUT2D eigenvalue weighted by atomic mass is 9.85. The Morgan fingerprint density at radius 3 is 2.23 bits per heavy atom. The number of amides is 6. The predicted molar refractivity (Wildman–Crippen MR) is 231 cm³/mol. The Bertz CT molecular complexity index is 1980. The van der Waals surface area contributed by atoms with Crippen LogP contribution in [0.4, 0.5) is 5.69 Å². The Balaban J connectivity index is 0.853. The molecule has 18 heteroatoms. The van der Waals surface area contributed by atoms with Crippen molar-refractivity contribution in [2.45, 2.75) is 97.1 Å². The molecule has 1 saturated heterocycles. The van der Waals surface area contributed by atoms with Gasteiger partial charge in [-0.05, 0) is 87.6 Å². The van der Waals surface area contributed by atoms with Gasteiger partial charge in [-0.2, -0.15) is 0 Å². The monoisotopic (exact) mass is 880 g/mol. The van der Waals surface area contributed by atoms with Gasteiger partial charge in [-0.1, -0.05) is 18.6 Å². The summed E-state index contributed by atoms with van der Waals surface area (Å²) in [6.45, 7) is 7.06. The zero-order chi connectivity index (χ0) is 44.3. The number of hydrogen-bond donors (Lipinski definition) is 3. The molecule has 5 rings (SSSR count). The molecule has 338 valence electrons. The van der Waals surface area contributed by atoms with Gasteiger partial charge in [0.2, 0.25) is 17.7 Å². The second-order valence-corrected chi connectivity index (χ2v) is 16.3. The van der Waals surface area contributed by atoms with Crippen molar-refractivity contribution in [3.8, 4) is 0 Å². The number of thiophene rings is 1. The molecule has 2 aliphatic rings. The van der Waals surface area contributed by atoms with Crippen LogP contribution in [0, 0.1) is 12.8 Å². The average Bonchev–Trinajstić information content (AvgIpc) is 3.95. The molecule has 3 aromatic rings. The third-order valence-corrected chi connectivity index (χ3v) is 11.6. The summed E-state index contributed by atoms with van der Waals surface area (Å²) in [5, 5.41) is 11.5. The van der Waals surface area contributed by atoms with Crippen LogP contribution in [-0.4, -0.2) is 116 Å². The van der Waals surface area contributed by atoms with Gasteiger partial charge < -0.3 is 44.5 Å². The summed E-state index contributed by atoms with van der Waals surface area (Å²) in [5.74, 6) is -2.21. The van der Waals surface area contributed by atoms with Crippen LogP contribution in [-0.2, 0) is 54.4 Å².